The standard InChI is InChI=1S/C31H30O4S/c32-25(16-11-21-7-3-1-4-8-21)17-18-26-27-19-30(36)34-29(27)20-28(26)35-31(33)24-14-12-23(13-15-24)22-9-5-2-6-10-22/h1-10,12-15,17-18,25-29,32H,11,16,19-20H2/b18-17+/t25-,26+,27+,28+,29-/m0/s1. The number of carbonyl (C=O) groups excluding carboxylic acids is 1. The van der Waals surface area contributed by atoms with E-state index in [-0.39, 0.29) is 30.0 Å². The van der Waals surface area contributed by atoms with Crippen LogP contribution in [0, 0.1) is 11.8 Å². The number of aliphatic hydroxyl groups is 1. The fourth-order valence-corrected chi connectivity index (χ4v) is 5.55. The average molecular weight is 499 g/mol. The Balaban J connectivity index is 1.24. The van der Waals surface area contributed by atoms with Gasteiger partial charge in [-0.3, -0.25) is 0 Å². The van der Waals surface area contributed by atoms with E-state index in [4.69, 9.17) is 21.7 Å². The zero-order valence-corrected chi connectivity index (χ0v) is 20.8. The van der Waals surface area contributed by atoms with Crippen molar-refractivity contribution in [2.45, 2.75) is 44.0 Å². The number of fused-ring (bicyclic) bond motifs is 1. The second-order valence-electron chi connectivity index (χ2n) is 9.57. The van der Waals surface area contributed by atoms with Crippen LogP contribution in [0.2, 0.25) is 0 Å². The van der Waals surface area contributed by atoms with Gasteiger partial charge in [0.05, 0.1) is 11.7 Å². The van der Waals surface area contributed by atoms with E-state index in [2.05, 4.69) is 12.1 Å². The molecular formula is C31H30O4S. The lowest BCUT2D eigenvalue weighted by Gasteiger charge is -2.21. The molecule has 0 bridgehead atoms. The second-order valence-corrected chi connectivity index (χ2v) is 10.0. The highest BCUT2D eigenvalue weighted by Crippen LogP contribution is 2.44. The van der Waals surface area contributed by atoms with Crippen molar-refractivity contribution in [2.75, 3.05) is 0 Å². The molecule has 3 aromatic carbocycles. The number of ether oxygens (including phenoxy) is 2. The van der Waals surface area contributed by atoms with Crippen molar-refractivity contribution in [2.24, 2.45) is 11.8 Å². The van der Waals surface area contributed by atoms with Crippen molar-refractivity contribution in [1.29, 1.82) is 0 Å². The third-order valence-electron chi connectivity index (χ3n) is 7.16. The lowest BCUT2D eigenvalue weighted by atomic mass is 9.91. The van der Waals surface area contributed by atoms with Crippen LogP contribution in [0.1, 0.15) is 35.2 Å². The van der Waals surface area contributed by atoms with Crippen LogP contribution >= 0.6 is 12.2 Å². The summed E-state index contributed by atoms with van der Waals surface area (Å²) in [5.41, 5.74) is 3.87. The van der Waals surface area contributed by atoms with Gasteiger partial charge in [0, 0.05) is 24.7 Å². The van der Waals surface area contributed by atoms with Crippen molar-refractivity contribution in [3.63, 3.8) is 0 Å². The van der Waals surface area contributed by atoms with Gasteiger partial charge in [-0.15, -0.1) is 0 Å². The van der Waals surface area contributed by atoms with E-state index >= 15 is 0 Å². The van der Waals surface area contributed by atoms with E-state index in [0.717, 1.165) is 17.5 Å². The monoisotopic (exact) mass is 498 g/mol. The minimum atomic E-state index is -0.569. The molecule has 5 atom stereocenters. The number of aliphatic hydroxyl groups excluding tert-OH is 1. The number of aryl methyl sites for hydroxylation is 1. The summed E-state index contributed by atoms with van der Waals surface area (Å²) in [6, 6.07) is 27.7. The van der Waals surface area contributed by atoms with Crippen molar-refractivity contribution in [3.05, 3.63) is 108 Å². The van der Waals surface area contributed by atoms with E-state index in [1.165, 1.54) is 5.56 Å². The van der Waals surface area contributed by atoms with Gasteiger partial charge < -0.3 is 14.6 Å². The molecule has 1 saturated heterocycles. The maximum absolute atomic E-state index is 13.0. The Morgan fingerprint density at radius 1 is 1.00 bits per heavy atom. The largest absolute Gasteiger partial charge is 0.483 e. The summed E-state index contributed by atoms with van der Waals surface area (Å²) in [5.74, 6) is -0.229. The highest BCUT2D eigenvalue weighted by molar-refractivity contribution is 7.80. The third-order valence-corrected chi connectivity index (χ3v) is 7.43. The maximum atomic E-state index is 13.0. The summed E-state index contributed by atoms with van der Waals surface area (Å²) in [6.07, 6.45) is 5.63. The predicted octanol–water partition coefficient (Wildman–Crippen LogP) is 6.18. The smallest absolute Gasteiger partial charge is 0.338 e. The van der Waals surface area contributed by atoms with Gasteiger partial charge in [0.25, 0.3) is 0 Å². The molecular weight excluding hydrogens is 468 g/mol. The van der Waals surface area contributed by atoms with Crippen molar-refractivity contribution < 1.29 is 19.4 Å². The highest BCUT2D eigenvalue weighted by Gasteiger charge is 2.49. The lowest BCUT2D eigenvalue weighted by Crippen LogP contribution is -2.25. The Morgan fingerprint density at radius 3 is 2.39 bits per heavy atom. The van der Waals surface area contributed by atoms with E-state index < -0.39 is 6.10 Å². The Hall–Kier alpha value is -3.28. The number of hydrogen-bond acceptors (Lipinski definition) is 5. The minimum absolute atomic E-state index is 0.0469. The summed E-state index contributed by atoms with van der Waals surface area (Å²) < 4.78 is 11.8. The maximum Gasteiger partial charge on any atom is 0.338 e. The molecule has 0 radical (unpaired) electrons. The molecule has 184 valence electrons. The Kier molecular flexibility index (Phi) is 7.59. The van der Waals surface area contributed by atoms with E-state index in [0.29, 0.717) is 29.9 Å². The van der Waals surface area contributed by atoms with Gasteiger partial charge in [-0.2, -0.15) is 0 Å². The lowest BCUT2D eigenvalue weighted by molar-refractivity contribution is 0.0219. The molecule has 0 unspecified atom stereocenters. The molecule has 0 spiro atoms. The number of hydrogen-bond donors (Lipinski definition) is 1. The Bertz CT molecular complexity index is 1210. The number of carbonyl (C=O) groups is 1. The quantitative estimate of drug-likeness (QED) is 0.228. The van der Waals surface area contributed by atoms with Gasteiger partial charge in [0.1, 0.15) is 12.2 Å². The number of benzene rings is 3. The summed E-state index contributed by atoms with van der Waals surface area (Å²) >= 11 is 5.31. The molecule has 36 heavy (non-hydrogen) atoms. The van der Waals surface area contributed by atoms with Crippen LogP contribution in [0.3, 0.4) is 0 Å². The molecule has 1 aliphatic heterocycles. The first-order valence-corrected chi connectivity index (χ1v) is 12.9. The van der Waals surface area contributed by atoms with E-state index in [1.807, 2.05) is 84.9 Å². The molecule has 1 N–H and O–H groups in total. The zero-order valence-electron chi connectivity index (χ0n) is 20.0. The molecule has 0 amide bonds. The topological polar surface area (TPSA) is 55.8 Å². The molecule has 1 heterocycles. The predicted molar refractivity (Wildman–Crippen MR) is 145 cm³/mol. The fraction of sp³-hybridized carbons (Fsp3) is 0.290. The van der Waals surface area contributed by atoms with Crippen molar-refractivity contribution in [1.82, 2.24) is 0 Å². The van der Waals surface area contributed by atoms with Gasteiger partial charge in [-0.1, -0.05) is 84.9 Å². The molecule has 2 fully saturated rings. The average Bonchev–Trinajstić information content (AvgIpc) is 3.42. The summed E-state index contributed by atoms with van der Waals surface area (Å²) in [5, 5.41) is 11.2. The van der Waals surface area contributed by atoms with Crippen molar-refractivity contribution >= 4 is 23.2 Å². The van der Waals surface area contributed by atoms with Crippen LogP contribution in [0.25, 0.3) is 11.1 Å². The van der Waals surface area contributed by atoms with Crippen LogP contribution < -0.4 is 0 Å². The van der Waals surface area contributed by atoms with E-state index in [1.54, 1.807) is 0 Å². The number of esters is 1. The first-order valence-electron chi connectivity index (χ1n) is 12.5. The van der Waals surface area contributed by atoms with Crippen LogP contribution in [-0.2, 0) is 15.9 Å². The SMILES string of the molecule is O=C(O[C@@H]1C[C@@H]2OC(=S)C[C@@H]2[C@H]1/C=C/[C@@H](O)CCc1ccccc1)c1ccc(-c2ccccc2)cc1. The van der Waals surface area contributed by atoms with Crippen LogP contribution in [0.5, 0.6) is 0 Å². The third kappa shape index (κ3) is 5.75. The Morgan fingerprint density at radius 2 is 1.67 bits per heavy atom. The molecule has 4 nitrogen and oxygen atoms in total. The molecule has 0 aromatic heterocycles. The number of thiocarbonyl (C=S) groups is 1. The fourth-order valence-electron chi connectivity index (χ4n) is 5.24. The molecule has 5 heteroatoms. The van der Waals surface area contributed by atoms with Crippen LogP contribution in [0.15, 0.2) is 97.1 Å². The minimum Gasteiger partial charge on any atom is -0.483 e. The highest BCUT2D eigenvalue weighted by atomic mass is 32.1. The number of rotatable bonds is 8. The van der Waals surface area contributed by atoms with Gasteiger partial charge in [-0.05, 0) is 53.9 Å². The molecule has 2 aliphatic rings. The second kappa shape index (κ2) is 11.2. The molecule has 1 aliphatic carbocycles. The first kappa shape index (κ1) is 24.4. The zero-order chi connectivity index (χ0) is 24.9. The first-order chi connectivity index (χ1) is 17.6. The van der Waals surface area contributed by atoms with E-state index in [9.17, 15) is 9.90 Å². The summed E-state index contributed by atoms with van der Waals surface area (Å²) in [4.78, 5) is 13.0. The van der Waals surface area contributed by atoms with Gasteiger partial charge >= 0.3 is 5.97 Å². The van der Waals surface area contributed by atoms with Crippen LogP contribution in [-0.4, -0.2) is 34.4 Å². The Labute approximate surface area is 217 Å². The van der Waals surface area contributed by atoms with Crippen LogP contribution in [0.4, 0.5) is 0 Å². The molecule has 3 aromatic rings. The molecule has 5 rings (SSSR count). The van der Waals surface area contributed by atoms with Crippen molar-refractivity contribution in [3.8, 4) is 11.1 Å². The summed E-state index contributed by atoms with van der Waals surface area (Å²) in [7, 11) is 0. The van der Waals surface area contributed by atoms with Gasteiger partial charge in [0.2, 0.25) is 0 Å². The normalized spacial score (nSPS) is 23.9. The molecule has 1 saturated carbocycles. The van der Waals surface area contributed by atoms with Gasteiger partial charge in [-0.25, -0.2) is 4.79 Å². The van der Waals surface area contributed by atoms with Gasteiger partial charge in [0.15, 0.2) is 5.05 Å². The summed E-state index contributed by atoms with van der Waals surface area (Å²) in [6.45, 7) is 0.